The van der Waals surface area contributed by atoms with Gasteiger partial charge < -0.3 is 0 Å². The van der Waals surface area contributed by atoms with Crippen molar-refractivity contribution >= 4 is 49.6 Å². The summed E-state index contributed by atoms with van der Waals surface area (Å²) in [5, 5.41) is 3.64. The van der Waals surface area contributed by atoms with E-state index in [-0.39, 0.29) is 5.91 Å². The highest BCUT2D eigenvalue weighted by molar-refractivity contribution is 9.11. The summed E-state index contributed by atoms with van der Waals surface area (Å²) in [5.74, 6) is -0.0698. The van der Waals surface area contributed by atoms with E-state index in [2.05, 4.69) is 26.2 Å². The summed E-state index contributed by atoms with van der Waals surface area (Å²) in [4.78, 5) is 18.7. The van der Waals surface area contributed by atoms with Gasteiger partial charge in [-0.3, -0.25) is 10.1 Å². The first-order chi connectivity index (χ1) is 9.22. The van der Waals surface area contributed by atoms with E-state index in [1.165, 1.54) is 41.2 Å². The van der Waals surface area contributed by atoms with Crippen molar-refractivity contribution in [1.29, 1.82) is 0 Å². The Hall–Kier alpha value is -0.720. The lowest BCUT2D eigenvalue weighted by molar-refractivity contribution is 0.103. The zero-order valence-corrected chi connectivity index (χ0v) is 13.5. The second-order valence-corrected chi connectivity index (χ2v) is 8.05. The van der Waals surface area contributed by atoms with Crippen molar-refractivity contribution in [3.8, 4) is 0 Å². The van der Waals surface area contributed by atoms with Crippen molar-refractivity contribution in [3.63, 3.8) is 0 Å². The number of nitrogens with zero attached hydrogens (tertiary/aromatic N) is 1. The zero-order valence-electron chi connectivity index (χ0n) is 10.2. The van der Waals surface area contributed by atoms with Gasteiger partial charge in [-0.2, -0.15) is 0 Å². The molecule has 0 aromatic carbocycles. The minimum atomic E-state index is -0.0698. The maximum absolute atomic E-state index is 12.1. The number of aromatic nitrogens is 1. The fourth-order valence-corrected chi connectivity index (χ4v) is 4.50. The minimum absolute atomic E-state index is 0.0698. The summed E-state index contributed by atoms with van der Waals surface area (Å²) in [5.41, 5.74) is 1.19. The highest BCUT2D eigenvalue weighted by Crippen LogP contribution is 2.30. The third-order valence-corrected chi connectivity index (χ3v) is 5.81. The van der Waals surface area contributed by atoms with Gasteiger partial charge in [0.1, 0.15) is 0 Å². The monoisotopic (exact) mass is 356 g/mol. The number of nitrogens with one attached hydrogen (secondary N) is 1. The molecule has 3 rings (SSSR count). The maximum Gasteiger partial charge on any atom is 0.267 e. The van der Waals surface area contributed by atoms with E-state index < -0.39 is 0 Å². The summed E-state index contributed by atoms with van der Waals surface area (Å²) >= 11 is 6.43. The summed E-state index contributed by atoms with van der Waals surface area (Å²) in [6.45, 7) is 0. The molecule has 1 aliphatic rings. The molecule has 0 aliphatic heterocycles. The van der Waals surface area contributed by atoms with Crippen LogP contribution in [-0.2, 0) is 12.8 Å². The lowest BCUT2D eigenvalue weighted by Gasteiger charge is -1.98. The van der Waals surface area contributed by atoms with E-state index in [0.29, 0.717) is 4.88 Å². The van der Waals surface area contributed by atoms with Gasteiger partial charge in [0, 0.05) is 4.88 Å². The molecule has 0 saturated carbocycles. The normalized spacial score (nSPS) is 14.8. The standard InChI is InChI=1S/C13H13BrN2OS2/c14-11-7-6-10(18-11)12(17)16-13-15-8-4-2-1-3-5-9(8)19-13/h6-7H,1-5H2,(H,15,16,17). The molecule has 1 N–H and O–H groups in total. The SMILES string of the molecule is O=C(Nc1nc2c(s1)CCCCC2)c1ccc(Br)s1. The van der Waals surface area contributed by atoms with E-state index in [0.717, 1.165) is 21.8 Å². The Bertz CT molecular complexity index is 582. The van der Waals surface area contributed by atoms with Crippen molar-refractivity contribution < 1.29 is 4.79 Å². The van der Waals surface area contributed by atoms with Crippen LogP contribution in [0.15, 0.2) is 15.9 Å². The van der Waals surface area contributed by atoms with Crippen LogP contribution >= 0.6 is 38.6 Å². The van der Waals surface area contributed by atoms with Gasteiger partial charge in [0.25, 0.3) is 5.91 Å². The second-order valence-electron chi connectivity index (χ2n) is 4.51. The molecule has 100 valence electrons. The summed E-state index contributed by atoms with van der Waals surface area (Å²) < 4.78 is 0.965. The fourth-order valence-electron chi connectivity index (χ4n) is 2.18. The number of amides is 1. The number of carbonyl (C=O) groups excluding carboxylic acids is 1. The number of fused-ring (bicyclic) bond motifs is 1. The lowest BCUT2D eigenvalue weighted by atomic mass is 10.2. The van der Waals surface area contributed by atoms with Crippen molar-refractivity contribution in [2.75, 3.05) is 5.32 Å². The fraction of sp³-hybridized carbons (Fsp3) is 0.385. The summed E-state index contributed by atoms with van der Waals surface area (Å²) in [6.07, 6.45) is 5.89. The Kier molecular flexibility index (Phi) is 4.00. The maximum atomic E-state index is 12.1. The van der Waals surface area contributed by atoms with Crippen LogP contribution < -0.4 is 5.32 Å². The molecule has 2 aromatic heterocycles. The Morgan fingerprint density at radius 1 is 1.21 bits per heavy atom. The molecule has 0 fully saturated rings. The smallest absolute Gasteiger partial charge is 0.267 e. The average molecular weight is 357 g/mol. The Balaban J connectivity index is 1.75. The number of carbonyl (C=O) groups is 1. The van der Waals surface area contributed by atoms with Gasteiger partial charge in [-0.1, -0.05) is 6.42 Å². The molecular weight excluding hydrogens is 344 g/mol. The molecular formula is C13H13BrN2OS2. The van der Waals surface area contributed by atoms with Gasteiger partial charge in [-0.05, 0) is 53.7 Å². The van der Waals surface area contributed by atoms with Crippen LogP contribution in [0.3, 0.4) is 0 Å². The van der Waals surface area contributed by atoms with E-state index >= 15 is 0 Å². The van der Waals surface area contributed by atoms with Crippen LogP contribution in [0.4, 0.5) is 5.13 Å². The van der Waals surface area contributed by atoms with E-state index in [1.54, 1.807) is 11.3 Å². The molecule has 0 unspecified atom stereocenters. The van der Waals surface area contributed by atoms with Crippen LogP contribution in [-0.4, -0.2) is 10.9 Å². The zero-order chi connectivity index (χ0) is 13.2. The van der Waals surface area contributed by atoms with E-state index in [4.69, 9.17) is 0 Å². The van der Waals surface area contributed by atoms with Crippen molar-refractivity contribution in [1.82, 2.24) is 4.98 Å². The van der Waals surface area contributed by atoms with Gasteiger partial charge in [0.05, 0.1) is 14.4 Å². The summed E-state index contributed by atoms with van der Waals surface area (Å²) in [6, 6.07) is 3.71. The number of aryl methyl sites for hydroxylation is 2. The van der Waals surface area contributed by atoms with E-state index in [9.17, 15) is 4.79 Å². The van der Waals surface area contributed by atoms with Crippen molar-refractivity contribution in [2.24, 2.45) is 0 Å². The highest BCUT2D eigenvalue weighted by Gasteiger charge is 2.16. The molecule has 0 bridgehead atoms. The number of hydrogen-bond acceptors (Lipinski definition) is 4. The summed E-state index contributed by atoms with van der Waals surface area (Å²) in [7, 11) is 0. The van der Waals surface area contributed by atoms with Crippen molar-refractivity contribution in [2.45, 2.75) is 32.1 Å². The Morgan fingerprint density at radius 3 is 2.84 bits per heavy atom. The van der Waals surface area contributed by atoms with Gasteiger partial charge >= 0.3 is 0 Å². The van der Waals surface area contributed by atoms with Crippen LogP contribution in [0.1, 0.15) is 39.5 Å². The Labute approximate surface area is 128 Å². The van der Waals surface area contributed by atoms with Gasteiger partial charge in [0.2, 0.25) is 0 Å². The number of thiazole rings is 1. The largest absolute Gasteiger partial charge is 0.297 e. The Morgan fingerprint density at radius 2 is 2.05 bits per heavy atom. The molecule has 2 aromatic rings. The molecule has 0 radical (unpaired) electrons. The first-order valence-corrected chi connectivity index (χ1v) is 8.70. The topological polar surface area (TPSA) is 42.0 Å². The molecule has 2 heterocycles. The number of thiophene rings is 1. The molecule has 6 heteroatoms. The predicted octanol–water partition coefficient (Wildman–Crippen LogP) is 4.49. The lowest BCUT2D eigenvalue weighted by Crippen LogP contribution is -2.09. The molecule has 1 amide bonds. The van der Waals surface area contributed by atoms with Crippen molar-refractivity contribution in [3.05, 3.63) is 31.4 Å². The number of hydrogen-bond donors (Lipinski definition) is 1. The van der Waals surface area contributed by atoms with Crippen LogP contribution in [0.2, 0.25) is 0 Å². The average Bonchev–Trinajstić information content (AvgIpc) is 2.91. The molecule has 0 saturated heterocycles. The highest BCUT2D eigenvalue weighted by atomic mass is 79.9. The molecule has 3 nitrogen and oxygen atoms in total. The molecule has 19 heavy (non-hydrogen) atoms. The van der Waals surface area contributed by atoms with Crippen LogP contribution in [0, 0.1) is 0 Å². The molecule has 0 atom stereocenters. The molecule has 0 spiro atoms. The first kappa shape index (κ1) is 13.3. The van der Waals surface area contributed by atoms with Gasteiger partial charge in [0.15, 0.2) is 5.13 Å². The second kappa shape index (κ2) is 5.73. The van der Waals surface area contributed by atoms with Crippen LogP contribution in [0.5, 0.6) is 0 Å². The van der Waals surface area contributed by atoms with Crippen LogP contribution in [0.25, 0.3) is 0 Å². The van der Waals surface area contributed by atoms with Gasteiger partial charge in [-0.25, -0.2) is 4.98 Å². The third kappa shape index (κ3) is 3.07. The number of rotatable bonds is 2. The quantitative estimate of drug-likeness (QED) is 0.805. The number of anilines is 1. The molecule has 1 aliphatic carbocycles. The van der Waals surface area contributed by atoms with Gasteiger partial charge in [-0.15, -0.1) is 22.7 Å². The number of halogens is 1. The predicted molar refractivity (Wildman–Crippen MR) is 83.3 cm³/mol. The minimum Gasteiger partial charge on any atom is -0.297 e. The first-order valence-electron chi connectivity index (χ1n) is 6.27. The van der Waals surface area contributed by atoms with E-state index in [1.807, 2.05) is 12.1 Å². The third-order valence-electron chi connectivity index (χ3n) is 3.11.